The maximum atomic E-state index is 12.9. The van der Waals surface area contributed by atoms with Crippen molar-refractivity contribution in [2.24, 2.45) is 7.05 Å². The highest BCUT2D eigenvalue weighted by molar-refractivity contribution is 5.75. The van der Waals surface area contributed by atoms with Crippen molar-refractivity contribution in [2.45, 2.75) is 6.54 Å². The zero-order chi connectivity index (χ0) is 19.7. The van der Waals surface area contributed by atoms with Gasteiger partial charge in [-0.25, -0.2) is 14.8 Å². The molecule has 1 aromatic carbocycles. The SMILES string of the molecule is Cn1c(=O)n(Cc2ccccc2C#N)c(=O)c2cnc(-c3cccnc3)nc21. The minimum absolute atomic E-state index is 0.00443. The van der Waals surface area contributed by atoms with Gasteiger partial charge in [-0.05, 0) is 23.8 Å². The predicted octanol–water partition coefficient (Wildman–Crippen LogP) is 1.47. The van der Waals surface area contributed by atoms with Crippen molar-refractivity contribution in [3.63, 3.8) is 0 Å². The molecule has 0 fully saturated rings. The minimum atomic E-state index is -0.513. The van der Waals surface area contributed by atoms with E-state index in [9.17, 15) is 14.9 Å². The van der Waals surface area contributed by atoms with Gasteiger partial charge in [0.1, 0.15) is 5.39 Å². The largest absolute Gasteiger partial charge is 0.332 e. The average Bonchev–Trinajstić information content (AvgIpc) is 2.75. The number of hydrogen-bond donors (Lipinski definition) is 0. The Labute approximate surface area is 159 Å². The molecule has 0 aliphatic heterocycles. The number of pyridine rings is 1. The summed E-state index contributed by atoms with van der Waals surface area (Å²) in [4.78, 5) is 38.4. The summed E-state index contributed by atoms with van der Waals surface area (Å²) in [5.41, 5.74) is 0.929. The van der Waals surface area contributed by atoms with Crippen molar-refractivity contribution in [2.75, 3.05) is 0 Å². The van der Waals surface area contributed by atoms with E-state index in [1.54, 1.807) is 55.8 Å². The molecule has 0 radical (unpaired) electrons. The Balaban J connectivity index is 1.90. The van der Waals surface area contributed by atoms with Gasteiger partial charge in [0, 0.05) is 31.2 Å². The Morgan fingerprint density at radius 1 is 1.11 bits per heavy atom. The molecule has 8 nitrogen and oxygen atoms in total. The van der Waals surface area contributed by atoms with E-state index in [-0.39, 0.29) is 17.6 Å². The number of aryl methyl sites for hydroxylation is 1. The summed E-state index contributed by atoms with van der Waals surface area (Å²) >= 11 is 0. The molecule has 4 rings (SSSR count). The molecular weight excluding hydrogens is 356 g/mol. The first-order valence-electron chi connectivity index (χ1n) is 8.45. The predicted molar refractivity (Wildman–Crippen MR) is 103 cm³/mol. The van der Waals surface area contributed by atoms with Crippen LogP contribution in [0.2, 0.25) is 0 Å². The van der Waals surface area contributed by atoms with E-state index in [1.807, 2.05) is 0 Å². The van der Waals surface area contributed by atoms with E-state index >= 15 is 0 Å². The number of nitrogens with zero attached hydrogens (tertiary/aromatic N) is 6. The Kier molecular flexibility index (Phi) is 4.26. The molecule has 0 saturated carbocycles. The van der Waals surface area contributed by atoms with Crippen molar-refractivity contribution in [1.29, 1.82) is 5.26 Å². The molecule has 0 aliphatic carbocycles. The third kappa shape index (κ3) is 2.85. The van der Waals surface area contributed by atoms with Crippen LogP contribution in [0.4, 0.5) is 0 Å². The maximum Gasteiger partial charge on any atom is 0.332 e. The van der Waals surface area contributed by atoms with Crippen LogP contribution in [0.1, 0.15) is 11.1 Å². The van der Waals surface area contributed by atoms with Crippen LogP contribution in [0.5, 0.6) is 0 Å². The quantitative estimate of drug-likeness (QED) is 0.541. The van der Waals surface area contributed by atoms with Crippen LogP contribution in [0.3, 0.4) is 0 Å². The van der Waals surface area contributed by atoms with Crippen molar-refractivity contribution in [1.82, 2.24) is 24.1 Å². The summed E-state index contributed by atoms with van der Waals surface area (Å²) in [6.45, 7) is -0.00443. The summed E-state index contributed by atoms with van der Waals surface area (Å²) in [6.07, 6.45) is 4.66. The van der Waals surface area contributed by atoms with Crippen LogP contribution in [-0.4, -0.2) is 24.1 Å². The van der Waals surface area contributed by atoms with Gasteiger partial charge in [-0.2, -0.15) is 5.26 Å². The van der Waals surface area contributed by atoms with E-state index in [1.165, 1.54) is 10.8 Å². The Morgan fingerprint density at radius 3 is 2.68 bits per heavy atom. The maximum absolute atomic E-state index is 12.9. The number of benzene rings is 1. The molecule has 0 aliphatic rings. The third-order valence-corrected chi connectivity index (χ3v) is 4.47. The molecule has 8 heteroatoms. The lowest BCUT2D eigenvalue weighted by molar-refractivity contribution is 0.655. The molecule has 3 heterocycles. The van der Waals surface area contributed by atoms with Gasteiger partial charge >= 0.3 is 5.69 Å². The first-order valence-corrected chi connectivity index (χ1v) is 8.45. The topological polar surface area (TPSA) is 106 Å². The van der Waals surface area contributed by atoms with Crippen LogP contribution in [-0.2, 0) is 13.6 Å². The molecule has 0 bridgehead atoms. The van der Waals surface area contributed by atoms with Crippen LogP contribution in [0.25, 0.3) is 22.4 Å². The Hall–Kier alpha value is -4.12. The van der Waals surface area contributed by atoms with E-state index < -0.39 is 11.2 Å². The van der Waals surface area contributed by atoms with Crippen LogP contribution < -0.4 is 11.2 Å². The molecule has 0 saturated heterocycles. The highest BCUT2D eigenvalue weighted by atomic mass is 16.2. The highest BCUT2D eigenvalue weighted by Gasteiger charge is 2.15. The lowest BCUT2D eigenvalue weighted by Gasteiger charge is -2.11. The van der Waals surface area contributed by atoms with E-state index in [0.717, 1.165) is 4.57 Å². The summed E-state index contributed by atoms with van der Waals surface area (Å²) in [5.74, 6) is 0.377. The summed E-state index contributed by atoms with van der Waals surface area (Å²) < 4.78 is 2.40. The number of fused-ring (bicyclic) bond motifs is 1. The number of aromatic nitrogens is 5. The summed E-state index contributed by atoms with van der Waals surface area (Å²) in [6, 6.07) is 12.5. The van der Waals surface area contributed by atoms with E-state index in [4.69, 9.17) is 0 Å². The lowest BCUT2D eigenvalue weighted by Crippen LogP contribution is -2.39. The average molecular weight is 370 g/mol. The standard InChI is InChI=1S/C20H14N6O2/c1-25-18-16(11-23-17(24-18)14-7-4-8-22-10-14)19(27)26(20(25)28)12-15-6-3-2-5-13(15)9-21/h2-8,10-11H,12H2,1H3. The molecule has 0 unspecified atom stereocenters. The first kappa shape index (κ1) is 17.3. The van der Waals surface area contributed by atoms with Crippen LogP contribution in [0.15, 0.2) is 64.6 Å². The molecule has 136 valence electrons. The van der Waals surface area contributed by atoms with Gasteiger partial charge in [0.25, 0.3) is 5.56 Å². The number of nitriles is 1. The highest BCUT2D eigenvalue weighted by Crippen LogP contribution is 2.15. The second-order valence-electron chi connectivity index (χ2n) is 6.17. The number of rotatable bonds is 3. The molecule has 28 heavy (non-hydrogen) atoms. The molecule has 0 N–H and O–H groups in total. The van der Waals surface area contributed by atoms with Crippen LogP contribution >= 0.6 is 0 Å². The Bertz CT molecular complexity index is 1350. The van der Waals surface area contributed by atoms with Gasteiger partial charge in [0.05, 0.1) is 18.2 Å². The fraction of sp³-hybridized carbons (Fsp3) is 0.100. The van der Waals surface area contributed by atoms with Gasteiger partial charge in [0.15, 0.2) is 11.5 Å². The van der Waals surface area contributed by atoms with Crippen molar-refractivity contribution in [3.8, 4) is 17.5 Å². The molecule has 0 amide bonds. The van der Waals surface area contributed by atoms with Gasteiger partial charge < -0.3 is 0 Å². The van der Waals surface area contributed by atoms with E-state index in [0.29, 0.717) is 22.5 Å². The van der Waals surface area contributed by atoms with Gasteiger partial charge in [0.2, 0.25) is 0 Å². The Morgan fingerprint density at radius 2 is 1.93 bits per heavy atom. The monoisotopic (exact) mass is 370 g/mol. The van der Waals surface area contributed by atoms with E-state index in [2.05, 4.69) is 21.0 Å². The fourth-order valence-electron chi connectivity index (χ4n) is 2.99. The number of hydrogen-bond acceptors (Lipinski definition) is 6. The van der Waals surface area contributed by atoms with Gasteiger partial charge in [-0.15, -0.1) is 0 Å². The molecule has 4 aromatic rings. The molecular formula is C20H14N6O2. The molecule has 0 atom stereocenters. The fourth-order valence-corrected chi connectivity index (χ4v) is 2.99. The zero-order valence-corrected chi connectivity index (χ0v) is 14.9. The van der Waals surface area contributed by atoms with Crippen molar-refractivity contribution < 1.29 is 0 Å². The first-order chi connectivity index (χ1) is 13.6. The third-order valence-electron chi connectivity index (χ3n) is 4.47. The molecule has 0 spiro atoms. The normalized spacial score (nSPS) is 10.7. The van der Waals surface area contributed by atoms with Gasteiger partial charge in [-0.1, -0.05) is 18.2 Å². The van der Waals surface area contributed by atoms with Crippen LogP contribution in [0, 0.1) is 11.3 Å². The van der Waals surface area contributed by atoms with Crippen molar-refractivity contribution in [3.05, 3.63) is 87.0 Å². The summed E-state index contributed by atoms with van der Waals surface area (Å²) in [5, 5.41) is 9.48. The van der Waals surface area contributed by atoms with Gasteiger partial charge in [-0.3, -0.25) is 18.9 Å². The second kappa shape index (κ2) is 6.89. The minimum Gasteiger partial charge on any atom is -0.280 e. The molecule has 3 aromatic heterocycles. The summed E-state index contributed by atoms with van der Waals surface area (Å²) in [7, 11) is 1.55. The lowest BCUT2D eigenvalue weighted by atomic mass is 10.1. The smallest absolute Gasteiger partial charge is 0.280 e. The zero-order valence-electron chi connectivity index (χ0n) is 14.9. The second-order valence-corrected chi connectivity index (χ2v) is 6.17. The van der Waals surface area contributed by atoms with Crippen molar-refractivity contribution >= 4 is 11.0 Å².